The topological polar surface area (TPSA) is 83.6 Å². The molecule has 0 aliphatic heterocycles. The Bertz CT molecular complexity index is 1150. The number of hydrogen-bond acceptors (Lipinski definition) is 6. The van der Waals surface area contributed by atoms with Crippen LogP contribution in [0.4, 0.5) is 5.13 Å². The lowest BCUT2D eigenvalue weighted by atomic mass is 10.1. The highest BCUT2D eigenvalue weighted by atomic mass is 35.5. The van der Waals surface area contributed by atoms with E-state index in [2.05, 4.69) is 25.5 Å². The molecule has 0 aliphatic carbocycles. The molecule has 30 heavy (non-hydrogen) atoms. The summed E-state index contributed by atoms with van der Waals surface area (Å²) in [7, 11) is 0. The van der Waals surface area contributed by atoms with Gasteiger partial charge < -0.3 is 0 Å². The first-order valence-corrected chi connectivity index (χ1v) is 11.4. The molecule has 2 heterocycles. The van der Waals surface area contributed by atoms with Crippen LogP contribution >= 0.6 is 46.3 Å². The van der Waals surface area contributed by atoms with Crippen LogP contribution < -0.4 is 5.32 Å². The monoisotopic (exact) mass is 475 g/mol. The molecule has 10 heteroatoms. The number of hydrogen-bond donors (Lipinski definition) is 2. The van der Waals surface area contributed by atoms with Gasteiger partial charge in [0.25, 0.3) is 5.91 Å². The third-order valence-corrected chi connectivity index (χ3v) is 6.87. The van der Waals surface area contributed by atoms with Gasteiger partial charge in [0.15, 0.2) is 10.3 Å². The first kappa shape index (κ1) is 20.9. The quantitative estimate of drug-likeness (QED) is 0.334. The van der Waals surface area contributed by atoms with Gasteiger partial charge in [-0.05, 0) is 29.3 Å². The molecule has 0 saturated carbocycles. The first-order valence-electron chi connectivity index (χ1n) is 8.84. The minimum Gasteiger partial charge on any atom is -0.298 e. The molecule has 2 N–H and O–H groups in total. The van der Waals surface area contributed by atoms with Crippen LogP contribution in [0.5, 0.6) is 0 Å². The van der Waals surface area contributed by atoms with Crippen molar-refractivity contribution in [2.45, 2.75) is 17.3 Å². The van der Waals surface area contributed by atoms with Crippen molar-refractivity contribution in [3.05, 3.63) is 86.6 Å². The second-order valence-corrected chi connectivity index (χ2v) is 9.12. The number of aromatic amines is 1. The van der Waals surface area contributed by atoms with E-state index in [4.69, 9.17) is 23.2 Å². The summed E-state index contributed by atoms with van der Waals surface area (Å²) in [5, 5.41) is 11.8. The van der Waals surface area contributed by atoms with E-state index < -0.39 is 0 Å². The summed E-state index contributed by atoms with van der Waals surface area (Å²) in [4.78, 5) is 21.9. The van der Waals surface area contributed by atoms with Crippen molar-refractivity contribution in [3.8, 4) is 0 Å². The number of halogens is 2. The van der Waals surface area contributed by atoms with Crippen LogP contribution in [0.15, 0.2) is 60.1 Å². The number of thioether (sulfide) groups is 1. The predicted octanol–water partition coefficient (Wildman–Crippen LogP) is 5.70. The Kier molecular flexibility index (Phi) is 6.69. The van der Waals surface area contributed by atoms with Crippen LogP contribution in [-0.4, -0.2) is 26.1 Å². The van der Waals surface area contributed by atoms with Crippen LogP contribution in [0.25, 0.3) is 0 Å². The maximum absolute atomic E-state index is 12.5. The molecule has 0 saturated heterocycles. The summed E-state index contributed by atoms with van der Waals surface area (Å²) in [6.07, 6.45) is 3.81. The second kappa shape index (κ2) is 9.61. The molecule has 1 amide bonds. The zero-order valence-corrected chi connectivity index (χ0v) is 18.6. The van der Waals surface area contributed by atoms with Crippen molar-refractivity contribution in [2.24, 2.45) is 0 Å². The molecule has 4 aromatic rings. The van der Waals surface area contributed by atoms with Crippen LogP contribution in [0.1, 0.15) is 26.4 Å². The molecule has 0 atom stereocenters. The smallest absolute Gasteiger partial charge is 0.257 e. The number of carbonyl (C=O) groups is 1. The molecular formula is C20H15Cl2N5OS2. The van der Waals surface area contributed by atoms with Gasteiger partial charge in [-0.15, -0.1) is 11.3 Å². The largest absolute Gasteiger partial charge is 0.298 e. The standard InChI is InChI=1S/C20H15Cl2N5OS2/c21-16-3-1-2-14(17(16)22)8-15-9-23-19(30-15)26-18(28)13-6-4-12(5-7-13)10-29-20-24-11-25-27-20/h1-7,9,11H,8,10H2,(H,23,26,28)(H,24,25,27). The Morgan fingerprint density at radius 3 is 2.73 bits per heavy atom. The van der Waals surface area contributed by atoms with Gasteiger partial charge in [0.2, 0.25) is 0 Å². The average Bonchev–Trinajstić information content (AvgIpc) is 3.42. The lowest BCUT2D eigenvalue weighted by molar-refractivity contribution is 0.102. The number of H-pyrrole nitrogens is 1. The second-order valence-electron chi connectivity index (χ2n) is 6.25. The number of anilines is 1. The summed E-state index contributed by atoms with van der Waals surface area (Å²) in [5.74, 6) is 0.532. The third kappa shape index (κ3) is 5.20. The minimum absolute atomic E-state index is 0.203. The molecule has 0 bridgehead atoms. The van der Waals surface area contributed by atoms with Gasteiger partial charge in [0, 0.05) is 28.8 Å². The number of benzene rings is 2. The Morgan fingerprint density at radius 2 is 1.97 bits per heavy atom. The van der Waals surface area contributed by atoms with E-state index in [-0.39, 0.29) is 5.91 Å². The fourth-order valence-electron chi connectivity index (χ4n) is 2.66. The molecule has 6 nitrogen and oxygen atoms in total. The van der Waals surface area contributed by atoms with E-state index in [9.17, 15) is 4.79 Å². The number of carbonyl (C=O) groups excluding carboxylic acids is 1. The van der Waals surface area contributed by atoms with E-state index in [1.807, 2.05) is 24.3 Å². The fraction of sp³-hybridized carbons (Fsp3) is 0.100. The first-order chi connectivity index (χ1) is 14.6. The highest BCUT2D eigenvalue weighted by Gasteiger charge is 2.11. The molecule has 0 aliphatic rings. The Hall–Kier alpha value is -2.39. The van der Waals surface area contributed by atoms with Gasteiger partial charge in [-0.1, -0.05) is 59.2 Å². The fourth-order valence-corrected chi connectivity index (χ4v) is 4.61. The molecule has 0 fully saturated rings. The maximum atomic E-state index is 12.5. The Balaban J connectivity index is 1.35. The van der Waals surface area contributed by atoms with Crippen molar-refractivity contribution >= 4 is 57.3 Å². The predicted molar refractivity (Wildman–Crippen MR) is 122 cm³/mol. The van der Waals surface area contributed by atoms with Crippen molar-refractivity contribution in [3.63, 3.8) is 0 Å². The van der Waals surface area contributed by atoms with Gasteiger partial charge in [-0.25, -0.2) is 9.97 Å². The van der Waals surface area contributed by atoms with Gasteiger partial charge in [0.05, 0.1) is 10.0 Å². The van der Waals surface area contributed by atoms with Gasteiger partial charge in [-0.2, -0.15) is 5.10 Å². The number of amides is 1. The SMILES string of the molecule is O=C(Nc1ncc(Cc2cccc(Cl)c2Cl)s1)c1ccc(CSc2ncn[nH]2)cc1. The summed E-state index contributed by atoms with van der Waals surface area (Å²) >= 11 is 15.3. The average molecular weight is 476 g/mol. The molecule has 2 aromatic carbocycles. The third-order valence-electron chi connectivity index (χ3n) is 4.15. The van der Waals surface area contributed by atoms with Crippen LogP contribution in [0.3, 0.4) is 0 Å². The van der Waals surface area contributed by atoms with E-state index >= 15 is 0 Å². The molecule has 0 spiro atoms. The Morgan fingerprint density at radius 1 is 1.13 bits per heavy atom. The highest BCUT2D eigenvalue weighted by molar-refractivity contribution is 7.98. The van der Waals surface area contributed by atoms with Crippen molar-refractivity contribution in [2.75, 3.05) is 5.32 Å². The van der Waals surface area contributed by atoms with Crippen molar-refractivity contribution in [1.82, 2.24) is 20.2 Å². The molecule has 2 aromatic heterocycles. The van der Waals surface area contributed by atoms with Gasteiger partial charge in [0.1, 0.15) is 6.33 Å². The lowest BCUT2D eigenvalue weighted by Gasteiger charge is -2.04. The molecule has 0 radical (unpaired) electrons. The summed E-state index contributed by atoms with van der Waals surface area (Å²) in [6, 6.07) is 13.0. The highest BCUT2D eigenvalue weighted by Crippen LogP contribution is 2.29. The molecular weight excluding hydrogens is 461 g/mol. The minimum atomic E-state index is -0.203. The van der Waals surface area contributed by atoms with Gasteiger partial charge >= 0.3 is 0 Å². The number of thiazole rings is 1. The molecule has 152 valence electrons. The van der Waals surface area contributed by atoms with E-state index in [0.29, 0.717) is 27.2 Å². The van der Waals surface area contributed by atoms with E-state index in [1.165, 1.54) is 17.7 Å². The summed E-state index contributed by atoms with van der Waals surface area (Å²) in [5.41, 5.74) is 2.57. The summed E-state index contributed by atoms with van der Waals surface area (Å²) < 4.78 is 0. The molecule has 4 rings (SSSR count). The van der Waals surface area contributed by atoms with Crippen LogP contribution in [0.2, 0.25) is 10.0 Å². The summed E-state index contributed by atoms with van der Waals surface area (Å²) in [6.45, 7) is 0. The molecule has 0 unspecified atom stereocenters. The zero-order valence-electron chi connectivity index (χ0n) is 15.4. The number of nitrogens with one attached hydrogen (secondary N) is 2. The number of rotatable bonds is 7. The Labute approximate surface area is 191 Å². The number of nitrogens with zero attached hydrogens (tertiary/aromatic N) is 3. The van der Waals surface area contributed by atoms with Gasteiger partial charge in [-0.3, -0.25) is 15.2 Å². The van der Waals surface area contributed by atoms with Crippen LogP contribution in [0, 0.1) is 0 Å². The zero-order chi connectivity index (χ0) is 20.9. The normalized spacial score (nSPS) is 10.9. The van der Waals surface area contributed by atoms with E-state index in [0.717, 1.165) is 26.9 Å². The number of aromatic nitrogens is 4. The van der Waals surface area contributed by atoms with Crippen LogP contribution in [-0.2, 0) is 12.2 Å². The van der Waals surface area contributed by atoms with Crippen molar-refractivity contribution < 1.29 is 4.79 Å². The van der Waals surface area contributed by atoms with E-state index in [1.54, 1.807) is 36.2 Å². The maximum Gasteiger partial charge on any atom is 0.257 e. The lowest BCUT2D eigenvalue weighted by Crippen LogP contribution is -2.11. The van der Waals surface area contributed by atoms with Crippen molar-refractivity contribution in [1.29, 1.82) is 0 Å².